The van der Waals surface area contributed by atoms with Crippen molar-refractivity contribution in [3.63, 3.8) is 0 Å². The minimum absolute atomic E-state index is 0.110. The Morgan fingerprint density at radius 3 is 2.65 bits per heavy atom. The minimum atomic E-state index is -0.498. The fourth-order valence-electron chi connectivity index (χ4n) is 1.62. The van der Waals surface area contributed by atoms with Gasteiger partial charge in [0.05, 0.1) is 35.2 Å². The van der Waals surface area contributed by atoms with Crippen LogP contribution in [0.4, 0.5) is 8.78 Å². The molecule has 1 aliphatic rings. The van der Waals surface area contributed by atoms with Crippen molar-refractivity contribution in [2.45, 2.75) is 10.9 Å². The fraction of sp³-hybridized carbons (Fsp3) is 0.455. The van der Waals surface area contributed by atoms with Crippen LogP contribution in [0.25, 0.3) is 0 Å². The van der Waals surface area contributed by atoms with Crippen molar-refractivity contribution in [3.8, 4) is 0 Å². The predicted octanol–water partition coefficient (Wildman–Crippen LogP) is 3.58. The van der Waals surface area contributed by atoms with Crippen LogP contribution in [0.3, 0.4) is 0 Å². The Morgan fingerprint density at radius 1 is 1.24 bits per heavy atom. The summed E-state index contributed by atoms with van der Waals surface area (Å²) in [6, 6.07) is 2.28. The zero-order valence-electron chi connectivity index (χ0n) is 8.76. The molecule has 0 radical (unpaired) electrons. The van der Waals surface area contributed by atoms with Gasteiger partial charge in [0, 0.05) is 5.56 Å². The third-order valence-electron chi connectivity index (χ3n) is 2.50. The standard InChI is InChI=1S/C11H10Br2F2O2/c12-7-4-8(14)6(3-9(7)15)11(13)10-5-16-1-2-17-10/h3-4,10-11H,1-2,5H2. The second-order valence-corrected chi connectivity index (χ2v) is 5.51. The molecule has 0 saturated carbocycles. The number of benzene rings is 1. The van der Waals surface area contributed by atoms with Crippen LogP contribution in [0.1, 0.15) is 10.4 Å². The molecule has 2 atom stereocenters. The molecule has 1 saturated heterocycles. The van der Waals surface area contributed by atoms with E-state index < -0.39 is 16.5 Å². The van der Waals surface area contributed by atoms with Crippen LogP contribution < -0.4 is 0 Å². The number of rotatable bonds is 2. The Labute approximate surface area is 115 Å². The first kappa shape index (κ1) is 13.4. The number of alkyl halides is 1. The van der Waals surface area contributed by atoms with Crippen LogP contribution in [0.5, 0.6) is 0 Å². The van der Waals surface area contributed by atoms with Crippen LogP contribution in [-0.4, -0.2) is 25.9 Å². The van der Waals surface area contributed by atoms with Crippen molar-refractivity contribution in [1.82, 2.24) is 0 Å². The summed E-state index contributed by atoms with van der Waals surface area (Å²) in [5, 5.41) is 0. The second kappa shape index (κ2) is 5.73. The molecular formula is C11H10Br2F2O2. The molecule has 2 unspecified atom stereocenters. The minimum Gasteiger partial charge on any atom is -0.376 e. The van der Waals surface area contributed by atoms with Crippen molar-refractivity contribution in [3.05, 3.63) is 33.8 Å². The summed E-state index contributed by atoms with van der Waals surface area (Å²) >= 11 is 6.27. The zero-order valence-corrected chi connectivity index (χ0v) is 11.9. The van der Waals surface area contributed by atoms with Gasteiger partial charge >= 0.3 is 0 Å². The molecule has 2 rings (SSSR count). The van der Waals surface area contributed by atoms with Gasteiger partial charge in [0.15, 0.2) is 0 Å². The fourth-order valence-corrected chi connectivity index (χ4v) is 2.60. The lowest BCUT2D eigenvalue weighted by atomic mass is 10.1. The molecule has 0 bridgehead atoms. The maximum atomic E-state index is 13.7. The van der Waals surface area contributed by atoms with E-state index in [1.807, 2.05) is 0 Å². The molecule has 1 aromatic rings. The smallest absolute Gasteiger partial charge is 0.137 e. The van der Waals surface area contributed by atoms with Crippen LogP contribution in [0.2, 0.25) is 0 Å². The van der Waals surface area contributed by atoms with Gasteiger partial charge in [-0.3, -0.25) is 0 Å². The molecule has 2 nitrogen and oxygen atoms in total. The maximum absolute atomic E-state index is 13.7. The molecule has 0 aliphatic carbocycles. The lowest BCUT2D eigenvalue weighted by Gasteiger charge is -2.27. The van der Waals surface area contributed by atoms with Gasteiger partial charge in [-0.15, -0.1) is 0 Å². The first-order valence-corrected chi connectivity index (χ1v) is 6.78. The zero-order chi connectivity index (χ0) is 12.4. The monoisotopic (exact) mass is 370 g/mol. The molecule has 6 heteroatoms. The highest BCUT2D eigenvalue weighted by Gasteiger charge is 2.27. The SMILES string of the molecule is Fc1cc(C(Br)C2COCCO2)c(F)cc1Br. The largest absolute Gasteiger partial charge is 0.376 e. The predicted molar refractivity (Wildman–Crippen MR) is 66.3 cm³/mol. The number of hydrogen-bond donors (Lipinski definition) is 0. The van der Waals surface area contributed by atoms with E-state index in [0.717, 1.165) is 12.1 Å². The van der Waals surface area contributed by atoms with E-state index in [4.69, 9.17) is 9.47 Å². The summed E-state index contributed by atoms with van der Waals surface area (Å²) in [5.41, 5.74) is 0.237. The molecule has 0 aromatic heterocycles. The topological polar surface area (TPSA) is 18.5 Å². The average Bonchev–Trinajstić information content (AvgIpc) is 2.34. The molecule has 0 spiro atoms. The van der Waals surface area contributed by atoms with E-state index in [2.05, 4.69) is 31.9 Å². The lowest BCUT2D eigenvalue weighted by molar-refractivity contribution is -0.0879. The van der Waals surface area contributed by atoms with Crippen LogP contribution in [0.15, 0.2) is 16.6 Å². The molecule has 17 heavy (non-hydrogen) atoms. The van der Waals surface area contributed by atoms with Crippen molar-refractivity contribution in [1.29, 1.82) is 0 Å². The van der Waals surface area contributed by atoms with Gasteiger partial charge in [-0.25, -0.2) is 8.78 Å². The molecule has 1 aliphatic heterocycles. The van der Waals surface area contributed by atoms with E-state index in [1.54, 1.807) is 0 Å². The lowest BCUT2D eigenvalue weighted by Crippen LogP contribution is -2.32. The quantitative estimate of drug-likeness (QED) is 0.584. The van der Waals surface area contributed by atoms with Gasteiger partial charge in [-0.1, -0.05) is 15.9 Å². The normalized spacial score (nSPS) is 22.5. The van der Waals surface area contributed by atoms with Crippen molar-refractivity contribution >= 4 is 31.9 Å². The van der Waals surface area contributed by atoms with Crippen molar-refractivity contribution < 1.29 is 18.3 Å². The molecule has 1 aromatic carbocycles. The van der Waals surface area contributed by atoms with Gasteiger partial charge in [0.2, 0.25) is 0 Å². The first-order chi connectivity index (χ1) is 8.09. The molecule has 0 N–H and O–H groups in total. The first-order valence-electron chi connectivity index (χ1n) is 5.07. The van der Waals surface area contributed by atoms with Gasteiger partial charge in [0.1, 0.15) is 11.6 Å². The summed E-state index contributed by atoms with van der Waals surface area (Å²) in [5.74, 6) is -0.975. The molecule has 0 amide bonds. The van der Waals surface area contributed by atoms with Gasteiger partial charge in [-0.2, -0.15) is 0 Å². The summed E-state index contributed by atoms with van der Waals surface area (Å²) in [7, 11) is 0. The molecular weight excluding hydrogens is 362 g/mol. The second-order valence-electron chi connectivity index (χ2n) is 3.67. The van der Waals surface area contributed by atoms with Gasteiger partial charge in [0.25, 0.3) is 0 Å². The molecule has 1 fully saturated rings. The van der Waals surface area contributed by atoms with Crippen LogP contribution in [0, 0.1) is 11.6 Å². The Bertz CT molecular complexity index is 409. The number of halogens is 4. The van der Waals surface area contributed by atoms with E-state index >= 15 is 0 Å². The van der Waals surface area contributed by atoms with Crippen LogP contribution in [-0.2, 0) is 9.47 Å². The summed E-state index contributed by atoms with van der Waals surface area (Å²) in [6.07, 6.45) is -0.307. The number of ether oxygens (including phenoxy) is 2. The highest BCUT2D eigenvalue weighted by Crippen LogP contribution is 2.33. The Morgan fingerprint density at radius 2 is 2.00 bits per heavy atom. The molecule has 1 heterocycles. The van der Waals surface area contributed by atoms with E-state index in [0.29, 0.717) is 19.8 Å². The highest BCUT2D eigenvalue weighted by atomic mass is 79.9. The summed E-state index contributed by atoms with van der Waals surface area (Å²) < 4.78 is 37.9. The van der Waals surface area contributed by atoms with Gasteiger partial charge in [-0.05, 0) is 28.1 Å². The van der Waals surface area contributed by atoms with Crippen molar-refractivity contribution in [2.24, 2.45) is 0 Å². The van der Waals surface area contributed by atoms with E-state index in [1.165, 1.54) is 0 Å². The van der Waals surface area contributed by atoms with E-state index in [-0.39, 0.29) is 16.1 Å². The summed E-state index contributed by atoms with van der Waals surface area (Å²) in [4.78, 5) is -0.426. The maximum Gasteiger partial charge on any atom is 0.137 e. The highest BCUT2D eigenvalue weighted by molar-refractivity contribution is 9.10. The Balaban J connectivity index is 2.23. The third-order valence-corrected chi connectivity index (χ3v) is 4.20. The number of hydrogen-bond acceptors (Lipinski definition) is 2. The van der Waals surface area contributed by atoms with Gasteiger partial charge < -0.3 is 9.47 Å². The van der Waals surface area contributed by atoms with Crippen molar-refractivity contribution in [2.75, 3.05) is 19.8 Å². The summed E-state index contributed by atoms with van der Waals surface area (Å²) in [6.45, 7) is 1.37. The Hall–Kier alpha value is -0.0400. The van der Waals surface area contributed by atoms with Crippen LogP contribution >= 0.6 is 31.9 Å². The Kier molecular flexibility index (Phi) is 4.52. The van der Waals surface area contributed by atoms with E-state index in [9.17, 15) is 8.78 Å². The third kappa shape index (κ3) is 3.05. The molecule has 94 valence electrons. The average molecular weight is 372 g/mol.